The summed E-state index contributed by atoms with van der Waals surface area (Å²) < 4.78 is 5.11. The number of esters is 1. The Labute approximate surface area is 105 Å². The molecule has 0 radical (unpaired) electrons. The fourth-order valence-corrected chi connectivity index (χ4v) is 2.32. The zero-order valence-corrected chi connectivity index (χ0v) is 11.3. The van der Waals surface area contributed by atoms with E-state index in [0.717, 1.165) is 12.8 Å². The molecular formula is C15H26O2. The molecular weight excluding hydrogens is 212 g/mol. The molecule has 17 heavy (non-hydrogen) atoms. The predicted molar refractivity (Wildman–Crippen MR) is 70.9 cm³/mol. The van der Waals surface area contributed by atoms with Crippen LogP contribution in [-0.2, 0) is 9.53 Å². The van der Waals surface area contributed by atoms with Gasteiger partial charge in [0.05, 0.1) is 6.42 Å². The van der Waals surface area contributed by atoms with Gasteiger partial charge < -0.3 is 4.74 Å². The molecule has 2 nitrogen and oxygen atoms in total. The molecule has 0 amide bonds. The van der Waals surface area contributed by atoms with Crippen molar-refractivity contribution >= 4 is 5.97 Å². The molecule has 0 bridgehead atoms. The molecule has 1 atom stereocenters. The van der Waals surface area contributed by atoms with Crippen molar-refractivity contribution in [2.75, 3.05) is 0 Å². The fourth-order valence-electron chi connectivity index (χ4n) is 2.32. The number of carbonyl (C=O) groups is 1. The molecule has 1 aliphatic rings. The van der Waals surface area contributed by atoms with Crippen LogP contribution in [0.5, 0.6) is 0 Å². The van der Waals surface area contributed by atoms with E-state index in [-0.39, 0.29) is 12.1 Å². The van der Waals surface area contributed by atoms with Gasteiger partial charge in [-0.1, -0.05) is 50.7 Å². The van der Waals surface area contributed by atoms with Crippen LogP contribution in [0.1, 0.15) is 71.6 Å². The van der Waals surface area contributed by atoms with Crippen LogP contribution in [0.4, 0.5) is 0 Å². The third-order valence-electron chi connectivity index (χ3n) is 3.24. The minimum absolute atomic E-state index is 0.0575. The smallest absolute Gasteiger partial charge is 0.310 e. The van der Waals surface area contributed by atoms with Crippen LogP contribution in [0.25, 0.3) is 0 Å². The van der Waals surface area contributed by atoms with Gasteiger partial charge in [-0.25, -0.2) is 0 Å². The van der Waals surface area contributed by atoms with Gasteiger partial charge in [0.25, 0.3) is 0 Å². The zero-order chi connectivity index (χ0) is 12.5. The monoisotopic (exact) mass is 238 g/mol. The van der Waals surface area contributed by atoms with Crippen molar-refractivity contribution in [2.24, 2.45) is 0 Å². The van der Waals surface area contributed by atoms with E-state index in [9.17, 15) is 4.79 Å². The van der Waals surface area contributed by atoms with Gasteiger partial charge in [-0.05, 0) is 19.8 Å². The quantitative estimate of drug-likeness (QED) is 0.373. The molecule has 0 spiro atoms. The van der Waals surface area contributed by atoms with E-state index in [1.165, 1.54) is 44.1 Å². The normalized spacial score (nSPS) is 22.8. The van der Waals surface area contributed by atoms with Crippen molar-refractivity contribution in [3.8, 4) is 0 Å². The summed E-state index contributed by atoms with van der Waals surface area (Å²) in [5, 5.41) is 0. The molecule has 2 heteroatoms. The maximum Gasteiger partial charge on any atom is 0.310 e. The molecule has 98 valence electrons. The van der Waals surface area contributed by atoms with Gasteiger partial charge in [-0.2, -0.15) is 0 Å². The minimum atomic E-state index is -0.0575. The first-order valence-corrected chi connectivity index (χ1v) is 7.09. The molecule has 0 N–H and O–H groups in total. The molecule has 0 aliphatic carbocycles. The number of rotatable bonds is 7. The summed E-state index contributed by atoms with van der Waals surface area (Å²) in [6.07, 6.45) is 12.9. The number of ether oxygens (including phenoxy) is 1. The Kier molecular flexibility index (Phi) is 6.99. The number of carbonyl (C=O) groups excluding carboxylic acids is 1. The van der Waals surface area contributed by atoms with E-state index < -0.39 is 0 Å². The third kappa shape index (κ3) is 6.50. The number of cyclic esters (lactones) is 1. The highest BCUT2D eigenvalue weighted by Crippen LogP contribution is 2.21. The molecule has 1 heterocycles. The third-order valence-corrected chi connectivity index (χ3v) is 3.24. The van der Waals surface area contributed by atoms with Gasteiger partial charge in [0.15, 0.2) is 0 Å². The van der Waals surface area contributed by atoms with Gasteiger partial charge in [-0.3, -0.25) is 4.79 Å². The van der Waals surface area contributed by atoms with Crippen molar-refractivity contribution in [1.82, 2.24) is 0 Å². The van der Waals surface area contributed by atoms with Crippen LogP contribution in [-0.4, -0.2) is 12.1 Å². The second-order valence-electron chi connectivity index (χ2n) is 5.10. The highest BCUT2D eigenvalue weighted by atomic mass is 16.5. The first kappa shape index (κ1) is 14.3. The number of hydrogen-bond acceptors (Lipinski definition) is 2. The average molecular weight is 238 g/mol. The zero-order valence-electron chi connectivity index (χ0n) is 11.3. The lowest BCUT2D eigenvalue weighted by Crippen LogP contribution is -2.22. The number of hydrogen-bond donors (Lipinski definition) is 0. The minimum Gasteiger partial charge on any atom is -0.462 e. The van der Waals surface area contributed by atoms with Crippen molar-refractivity contribution in [1.29, 1.82) is 0 Å². The van der Waals surface area contributed by atoms with E-state index in [1.807, 2.05) is 6.92 Å². The number of allylic oxidation sites excluding steroid dienone is 1. The maximum atomic E-state index is 11.2. The summed E-state index contributed by atoms with van der Waals surface area (Å²) in [7, 11) is 0. The summed E-state index contributed by atoms with van der Waals surface area (Å²) >= 11 is 0. The predicted octanol–water partition coefficient (Wildman–Crippen LogP) is 4.39. The molecule has 1 rings (SSSR count). The van der Waals surface area contributed by atoms with Crippen LogP contribution in [0, 0.1) is 0 Å². The Morgan fingerprint density at radius 2 is 1.94 bits per heavy atom. The summed E-state index contributed by atoms with van der Waals surface area (Å²) in [5.74, 6) is -0.0575. The molecule has 0 aromatic rings. The fraction of sp³-hybridized carbons (Fsp3) is 0.800. The largest absolute Gasteiger partial charge is 0.462 e. The molecule has 1 aliphatic heterocycles. The Bertz CT molecular complexity index is 256. The lowest BCUT2D eigenvalue weighted by molar-refractivity contribution is -0.149. The highest BCUT2D eigenvalue weighted by molar-refractivity contribution is 5.73. The van der Waals surface area contributed by atoms with Crippen LogP contribution in [0.15, 0.2) is 11.6 Å². The SMILES string of the molecule is CCCCCCCCC=C1CC(=O)OC(C)C1. The van der Waals surface area contributed by atoms with Gasteiger partial charge in [-0.15, -0.1) is 0 Å². The second-order valence-corrected chi connectivity index (χ2v) is 5.10. The molecule has 1 fully saturated rings. The van der Waals surface area contributed by atoms with Crippen LogP contribution < -0.4 is 0 Å². The molecule has 0 aromatic heterocycles. The molecule has 1 saturated heterocycles. The van der Waals surface area contributed by atoms with Crippen LogP contribution in [0.2, 0.25) is 0 Å². The van der Waals surface area contributed by atoms with E-state index in [1.54, 1.807) is 0 Å². The van der Waals surface area contributed by atoms with Crippen LogP contribution in [0.3, 0.4) is 0 Å². The van der Waals surface area contributed by atoms with Crippen molar-refractivity contribution in [2.45, 2.75) is 77.7 Å². The standard InChI is InChI=1S/C15H26O2/c1-3-4-5-6-7-8-9-10-14-11-13(2)17-15(16)12-14/h10,13H,3-9,11-12H2,1-2H3. The Hall–Kier alpha value is -0.790. The van der Waals surface area contributed by atoms with E-state index in [2.05, 4.69) is 13.0 Å². The molecule has 0 aromatic carbocycles. The number of unbranched alkanes of at least 4 members (excludes halogenated alkanes) is 6. The Balaban J connectivity index is 2.09. The average Bonchev–Trinajstić information content (AvgIpc) is 2.26. The van der Waals surface area contributed by atoms with Gasteiger partial charge in [0.1, 0.15) is 6.10 Å². The van der Waals surface area contributed by atoms with E-state index in [4.69, 9.17) is 4.74 Å². The maximum absolute atomic E-state index is 11.2. The molecule has 0 saturated carbocycles. The topological polar surface area (TPSA) is 26.3 Å². The van der Waals surface area contributed by atoms with Crippen molar-refractivity contribution in [3.05, 3.63) is 11.6 Å². The Morgan fingerprint density at radius 3 is 2.65 bits per heavy atom. The first-order chi connectivity index (χ1) is 8.22. The second kappa shape index (κ2) is 8.32. The lowest BCUT2D eigenvalue weighted by atomic mass is 10.0. The first-order valence-electron chi connectivity index (χ1n) is 7.09. The van der Waals surface area contributed by atoms with E-state index >= 15 is 0 Å². The van der Waals surface area contributed by atoms with Gasteiger partial charge >= 0.3 is 5.97 Å². The van der Waals surface area contributed by atoms with Crippen molar-refractivity contribution < 1.29 is 9.53 Å². The Morgan fingerprint density at radius 1 is 1.24 bits per heavy atom. The van der Waals surface area contributed by atoms with E-state index in [0.29, 0.717) is 6.42 Å². The van der Waals surface area contributed by atoms with Gasteiger partial charge in [0, 0.05) is 6.42 Å². The van der Waals surface area contributed by atoms with Gasteiger partial charge in [0.2, 0.25) is 0 Å². The summed E-state index contributed by atoms with van der Waals surface area (Å²) in [4.78, 5) is 11.2. The molecule has 1 unspecified atom stereocenters. The summed E-state index contributed by atoms with van der Waals surface area (Å²) in [5.41, 5.74) is 1.28. The summed E-state index contributed by atoms with van der Waals surface area (Å²) in [6, 6.07) is 0. The van der Waals surface area contributed by atoms with Crippen LogP contribution >= 0.6 is 0 Å². The highest BCUT2D eigenvalue weighted by Gasteiger charge is 2.19. The van der Waals surface area contributed by atoms with Crippen molar-refractivity contribution in [3.63, 3.8) is 0 Å². The lowest BCUT2D eigenvalue weighted by Gasteiger charge is -2.21. The summed E-state index contributed by atoms with van der Waals surface area (Å²) in [6.45, 7) is 4.21.